The van der Waals surface area contributed by atoms with Crippen molar-refractivity contribution >= 4 is 11.9 Å². The van der Waals surface area contributed by atoms with Crippen LogP contribution in [0.2, 0.25) is 0 Å². The lowest BCUT2D eigenvalue weighted by atomic mass is 9.92. The number of ether oxygens (including phenoxy) is 1. The van der Waals surface area contributed by atoms with Crippen LogP contribution >= 0.6 is 0 Å². The summed E-state index contributed by atoms with van der Waals surface area (Å²) >= 11 is 0. The molecule has 1 aliphatic rings. The van der Waals surface area contributed by atoms with Gasteiger partial charge in [0.2, 0.25) is 5.91 Å². The van der Waals surface area contributed by atoms with Gasteiger partial charge in [-0.15, -0.1) is 0 Å². The second kappa shape index (κ2) is 8.49. The van der Waals surface area contributed by atoms with Crippen LogP contribution in [0.4, 0.5) is 0 Å². The molecule has 1 unspecified atom stereocenters. The maximum atomic E-state index is 12.0. The molecule has 0 aromatic heterocycles. The van der Waals surface area contributed by atoms with Crippen molar-refractivity contribution < 1.29 is 14.3 Å². The summed E-state index contributed by atoms with van der Waals surface area (Å²) in [7, 11) is 0. The molecule has 1 atom stereocenters. The first-order valence-corrected chi connectivity index (χ1v) is 7.55. The van der Waals surface area contributed by atoms with Gasteiger partial charge in [0.25, 0.3) is 0 Å². The maximum Gasteiger partial charge on any atom is 0.309 e. The Morgan fingerprint density at radius 3 is 2.71 bits per heavy atom. The lowest BCUT2D eigenvalue weighted by molar-refractivity contribution is -0.150. The van der Waals surface area contributed by atoms with Gasteiger partial charge in [-0.25, -0.2) is 0 Å². The topological polar surface area (TPSA) is 72.6 Å². The lowest BCUT2D eigenvalue weighted by Gasteiger charge is -2.22. The molecule has 0 saturated carbocycles. The number of amides is 1. The molecular weight excluding hydrogens is 268 g/mol. The number of rotatable bonds is 8. The summed E-state index contributed by atoms with van der Waals surface area (Å²) < 4.78 is 5.36. The van der Waals surface area contributed by atoms with Crippen LogP contribution in [0, 0.1) is 11.8 Å². The summed E-state index contributed by atoms with van der Waals surface area (Å²) in [5.41, 5.74) is 5.82. The molecule has 0 bridgehead atoms. The molecule has 118 valence electrons. The van der Waals surface area contributed by atoms with Crippen LogP contribution < -0.4 is 5.73 Å². The average molecular weight is 294 g/mol. The molecule has 1 amide bonds. The fourth-order valence-electron chi connectivity index (χ4n) is 2.31. The highest BCUT2D eigenvalue weighted by Gasteiger charge is 2.22. The first kappa shape index (κ1) is 17.3. The molecule has 0 aliphatic carbocycles. The average Bonchev–Trinajstić information content (AvgIpc) is 2.44. The van der Waals surface area contributed by atoms with E-state index in [1.54, 1.807) is 6.20 Å². The van der Waals surface area contributed by atoms with Crippen molar-refractivity contribution in [2.75, 3.05) is 13.2 Å². The number of nitrogens with zero attached hydrogens (tertiary/aromatic N) is 1. The fraction of sp³-hybridized carbons (Fsp3) is 0.625. The number of allylic oxidation sites excluding steroid dienone is 1. The summed E-state index contributed by atoms with van der Waals surface area (Å²) in [4.78, 5) is 25.0. The molecule has 1 aliphatic heterocycles. The Morgan fingerprint density at radius 2 is 2.14 bits per heavy atom. The normalized spacial score (nSPS) is 15.8. The van der Waals surface area contributed by atoms with E-state index >= 15 is 0 Å². The van der Waals surface area contributed by atoms with Crippen molar-refractivity contribution in [3.63, 3.8) is 0 Å². The fourth-order valence-corrected chi connectivity index (χ4v) is 2.31. The number of carbonyl (C=O) groups excluding carboxylic acids is 2. The minimum absolute atomic E-state index is 0.0383. The zero-order valence-corrected chi connectivity index (χ0v) is 13.2. The summed E-state index contributed by atoms with van der Waals surface area (Å²) in [5.74, 6) is -0.298. The molecule has 0 fully saturated rings. The zero-order valence-electron chi connectivity index (χ0n) is 13.2. The van der Waals surface area contributed by atoms with Gasteiger partial charge < -0.3 is 15.4 Å². The van der Waals surface area contributed by atoms with E-state index in [9.17, 15) is 9.59 Å². The molecule has 2 N–H and O–H groups in total. The van der Waals surface area contributed by atoms with E-state index in [-0.39, 0.29) is 17.8 Å². The highest BCUT2D eigenvalue weighted by molar-refractivity contribution is 5.92. The van der Waals surface area contributed by atoms with E-state index in [4.69, 9.17) is 10.5 Å². The van der Waals surface area contributed by atoms with Gasteiger partial charge in [0.15, 0.2) is 0 Å². The molecule has 0 saturated heterocycles. The summed E-state index contributed by atoms with van der Waals surface area (Å²) in [6.07, 6.45) is 7.82. The number of carbonyl (C=O) groups is 2. The van der Waals surface area contributed by atoms with Crippen molar-refractivity contribution in [2.24, 2.45) is 17.6 Å². The van der Waals surface area contributed by atoms with Crippen molar-refractivity contribution in [1.29, 1.82) is 0 Å². The van der Waals surface area contributed by atoms with Gasteiger partial charge in [0.05, 0.1) is 12.5 Å². The Morgan fingerprint density at radius 1 is 1.43 bits per heavy atom. The van der Waals surface area contributed by atoms with E-state index in [2.05, 4.69) is 6.92 Å². The second-order valence-corrected chi connectivity index (χ2v) is 5.65. The molecule has 0 spiro atoms. The zero-order chi connectivity index (χ0) is 15.8. The molecule has 1 heterocycles. The minimum Gasteiger partial charge on any atom is -0.464 e. The van der Waals surface area contributed by atoms with Crippen LogP contribution in [0.15, 0.2) is 24.0 Å². The van der Waals surface area contributed by atoms with Gasteiger partial charge in [-0.2, -0.15) is 0 Å². The second-order valence-electron chi connectivity index (χ2n) is 5.65. The molecule has 0 radical (unpaired) electrons. The Balaban J connectivity index is 2.42. The number of hydrogen-bond acceptors (Lipinski definition) is 4. The van der Waals surface area contributed by atoms with Crippen LogP contribution in [0.1, 0.15) is 40.0 Å². The van der Waals surface area contributed by atoms with E-state index in [0.717, 1.165) is 12.8 Å². The summed E-state index contributed by atoms with van der Waals surface area (Å²) in [6, 6.07) is 0. The van der Waals surface area contributed by atoms with Crippen LogP contribution in [-0.2, 0) is 14.3 Å². The third-order valence-electron chi connectivity index (χ3n) is 3.57. The third kappa shape index (κ3) is 5.61. The lowest BCUT2D eigenvalue weighted by Crippen LogP contribution is -2.27. The first-order chi connectivity index (χ1) is 9.95. The predicted molar refractivity (Wildman–Crippen MR) is 81.9 cm³/mol. The van der Waals surface area contributed by atoms with E-state index in [1.807, 2.05) is 31.0 Å². The standard InChI is InChI=1S/C16H26N2O3/c1-4-6-14(12(2)3)16(20)21-10-9-18-8-5-7-13(11-18)15(17)19/h5,8,11-12,14H,4,6-7,9-10H2,1-3H3,(H2,17,19). The van der Waals surface area contributed by atoms with Crippen molar-refractivity contribution in [1.82, 2.24) is 4.90 Å². The van der Waals surface area contributed by atoms with Gasteiger partial charge >= 0.3 is 5.97 Å². The highest BCUT2D eigenvalue weighted by atomic mass is 16.5. The van der Waals surface area contributed by atoms with Gasteiger partial charge in [0, 0.05) is 11.8 Å². The molecular formula is C16H26N2O3. The smallest absolute Gasteiger partial charge is 0.309 e. The molecule has 0 aromatic rings. The third-order valence-corrected chi connectivity index (χ3v) is 3.57. The Hall–Kier alpha value is -1.78. The monoisotopic (exact) mass is 294 g/mol. The van der Waals surface area contributed by atoms with Crippen LogP contribution in [0.25, 0.3) is 0 Å². The number of primary amides is 1. The molecule has 1 rings (SSSR count). The summed E-state index contributed by atoms with van der Waals surface area (Å²) in [6.45, 7) is 6.97. The van der Waals surface area contributed by atoms with Gasteiger partial charge in [0.1, 0.15) is 6.61 Å². The van der Waals surface area contributed by atoms with Crippen molar-refractivity contribution in [3.8, 4) is 0 Å². The van der Waals surface area contributed by atoms with E-state index in [0.29, 0.717) is 25.1 Å². The van der Waals surface area contributed by atoms with Crippen LogP contribution in [0.3, 0.4) is 0 Å². The van der Waals surface area contributed by atoms with Crippen molar-refractivity contribution in [3.05, 3.63) is 24.0 Å². The number of esters is 1. The summed E-state index contributed by atoms with van der Waals surface area (Å²) in [5, 5.41) is 0. The molecule has 5 nitrogen and oxygen atoms in total. The van der Waals surface area contributed by atoms with Crippen LogP contribution in [0.5, 0.6) is 0 Å². The molecule has 5 heteroatoms. The predicted octanol–water partition coefficient (Wildman–Crippen LogP) is 2.19. The van der Waals surface area contributed by atoms with Crippen molar-refractivity contribution in [2.45, 2.75) is 40.0 Å². The largest absolute Gasteiger partial charge is 0.464 e. The van der Waals surface area contributed by atoms with Gasteiger partial charge in [-0.05, 0) is 25.0 Å². The molecule has 21 heavy (non-hydrogen) atoms. The van der Waals surface area contributed by atoms with Gasteiger partial charge in [-0.3, -0.25) is 9.59 Å². The van der Waals surface area contributed by atoms with E-state index < -0.39 is 5.91 Å². The number of nitrogens with two attached hydrogens (primary N) is 1. The van der Waals surface area contributed by atoms with Gasteiger partial charge in [-0.1, -0.05) is 33.3 Å². The molecule has 0 aromatic carbocycles. The Kier molecular flexibility index (Phi) is 6.99. The quantitative estimate of drug-likeness (QED) is 0.696. The minimum atomic E-state index is -0.413. The Labute approximate surface area is 126 Å². The highest BCUT2D eigenvalue weighted by Crippen LogP contribution is 2.19. The first-order valence-electron chi connectivity index (χ1n) is 7.55. The van der Waals surface area contributed by atoms with Crippen LogP contribution in [-0.4, -0.2) is 29.9 Å². The Bertz CT molecular complexity index is 427. The maximum absolute atomic E-state index is 12.0. The van der Waals surface area contributed by atoms with E-state index in [1.165, 1.54) is 0 Å². The number of hydrogen-bond donors (Lipinski definition) is 1. The SMILES string of the molecule is CCCC(C(=O)OCCN1C=CCC(C(N)=O)=C1)C(C)C.